The first-order chi connectivity index (χ1) is 8.74. The molecule has 106 valence electrons. The number of carbonyl (C=O) groups is 1. The van der Waals surface area contributed by atoms with E-state index in [9.17, 15) is 4.79 Å². The highest BCUT2D eigenvalue weighted by Crippen LogP contribution is 2.20. The van der Waals surface area contributed by atoms with Crippen LogP contribution in [0.25, 0.3) is 0 Å². The van der Waals surface area contributed by atoms with Gasteiger partial charge in [0.2, 0.25) is 0 Å². The molecule has 0 spiro atoms. The monoisotopic (exact) mass is 301 g/mol. The van der Waals surface area contributed by atoms with E-state index in [0.29, 0.717) is 18.2 Å². The number of likely N-dealkylation sites (tertiary alicyclic amines) is 1. The SMILES string of the molecule is C=CC1CCN(C(=O)c2csc(CCN)n2)CC1.Cl. The first-order valence-corrected chi connectivity index (χ1v) is 7.19. The lowest BCUT2D eigenvalue weighted by atomic mass is 9.97. The molecule has 4 nitrogen and oxygen atoms in total. The molecule has 1 aromatic rings. The molecule has 1 amide bonds. The summed E-state index contributed by atoms with van der Waals surface area (Å²) in [6, 6.07) is 0. The van der Waals surface area contributed by atoms with Crippen LogP contribution in [0, 0.1) is 5.92 Å². The average Bonchev–Trinajstić information content (AvgIpc) is 2.87. The number of hydrogen-bond acceptors (Lipinski definition) is 4. The number of allylic oxidation sites excluding steroid dienone is 1. The van der Waals surface area contributed by atoms with Crippen molar-refractivity contribution in [2.45, 2.75) is 19.3 Å². The Morgan fingerprint density at radius 2 is 2.26 bits per heavy atom. The van der Waals surface area contributed by atoms with E-state index in [1.165, 1.54) is 11.3 Å². The number of rotatable bonds is 4. The summed E-state index contributed by atoms with van der Waals surface area (Å²) in [6.07, 6.45) is 4.75. The molecule has 2 N–H and O–H groups in total. The third-order valence-electron chi connectivity index (χ3n) is 3.29. The Morgan fingerprint density at radius 1 is 1.58 bits per heavy atom. The van der Waals surface area contributed by atoms with Crippen LogP contribution in [0.3, 0.4) is 0 Å². The van der Waals surface area contributed by atoms with Crippen LogP contribution in [0.2, 0.25) is 0 Å². The van der Waals surface area contributed by atoms with Crippen molar-refractivity contribution in [1.82, 2.24) is 9.88 Å². The molecule has 0 atom stereocenters. The lowest BCUT2D eigenvalue weighted by Gasteiger charge is -2.30. The van der Waals surface area contributed by atoms with E-state index in [4.69, 9.17) is 5.73 Å². The predicted molar refractivity (Wildman–Crippen MR) is 80.9 cm³/mol. The summed E-state index contributed by atoms with van der Waals surface area (Å²) in [5.41, 5.74) is 6.05. The van der Waals surface area contributed by atoms with Crippen LogP contribution in [0.15, 0.2) is 18.0 Å². The van der Waals surface area contributed by atoms with Gasteiger partial charge in [0.25, 0.3) is 5.91 Å². The zero-order chi connectivity index (χ0) is 13.0. The van der Waals surface area contributed by atoms with Crippen molar-refractivity contribution in [2.75, 3.05) is 19.6 Å². The summed E-state index contributed by atoms with van der Waals surface area (Å²) in [5, 5.41) is 2.79. The van der Waals surface area contributed by atoms with Crippen molar-refractivity contribution < 1.29 is 4.79 Å². The van der Waals surface area contributed by atoms with Gasteiger partial charge in [-0.3, -0.25) is 4.79 Å². The molecule has 6 heteroatoms. The topological polar surface area (TPSA) is 59.2 Å². The minimum atomic E-state index is 0. The standard InChI is InChI=1S/C13H19N3OS.ClH/c1-2-10-4-7-16(8-5-10)13(17)11-9-18-12(15-11)3-6-14;/h2,9-10H,1,3-8,14H2;1H. The summed E-state index contributed by atoms with van der Waals surface area (Å²) in [5.74, 6) is 0.606. The molecular formula is C13H20ClN3OS. The third-order valence-corrected chi connectivity index (χ3v) is 4.20. The van der Waals surface area contributed by atoms with E-state index in [0.717, 1.165) is 37.4 Å². The second-order valence-corrected chi connectivity index (χ2v) is 5.47. The number of hydrogen-bond donors (Lipinski definition) is 1. The van der Waals surface area contributed by atoms with E-state index >= 15 is 0 Å². The van der Waals surface area contributed by atoms with Gasteiger partial charge < -0.3 is 10.6 Å². The molecule has 1 saturated heterocycles. The quantitative estimate of drug-likeness (QED) is 0.867. The lowest BCUT2D eigenvalue weighted by molar-refractivity contribution is 0.0700. The smallest absolute Gasteiger partial charge is 0.273 e. The summed E-state index contributed by atoms with van der Waals surface area (Å²) in [6.45, 7) is 6.00. The second-order valence-electron chi connectivity index (χ2n) is 4.53. The maximum Gasteiger partial charge on any atom is 0.273 e. The molecule has 0 aromatic carbocycles. The Balaban J connectivity index is 0.00000180. The fraction of sp³-hybridized carbons (Fsp3) is 0.538. The molecule has 1 aromatic heterocycles. The number of amides is 1. The number of thiazole rings is 1. The molecule has 0 unspecified atom stereocenters. The van der Waals surface area contributed by atoms with E-state index in [2.05, 4.69) is 11.6 Å². The maximum atomic E-state index is 12.2. The van der Waals surface area contributed by atoms with Crippen LogP contribution in [0.4, 0.5) is 0 Å². The number of piperidine rings is 1. The summed E-state index contributed by atoms with van der Waals surface area (Å²) in [7, 11) is 0. The van der Waals surface area contributed by atoms with Gasteiger partial charge >= 0.3 is 0 Å². The zero-order valence-corrected chi connectivity index (χ0v) is 12.5. The largest absolute Gasteiger partial charge is 0.337 e. The van der Waals surface area contributed by atoms with E-state index in [1.807, 2.05) is 16.4 Å². The van der Waals surface area contributed by atoms with Gasteiger partial charge in [-0.15, -0.1) is 30.3 Å². The normalized spacial score (nSPS) is 15.9. The molecule has 19 heavy (non-hydrogen) atoms. The molecule has 0 saturated carbocycles. The van der Waals surface area contributed by atoms with Gasteiger partial charge in [0.15, 0.2) is 0 Å². The van der Waals surface area contributed by atoms with E-state index in [1.54, 1.807) is 0 Å². The third kappa shape index (κ3) is 4.03. The Bertz CT molecular complexity index is 427. The minimum absolute atomic E-state index is 0. The van der Waals surface area contributed by atoms with Gasteiger partial charge in [-0.05, 0) is 25.3 Å². The van der Waals surface area contributed by atoms with Crippen molar-refractivity contribution in [3.8, 4) is 0 Å². The van der Waals surface area contributed by atoms with Crippen molar-refractivity contribution in [1.29, 1.82) is 0 Å². The minimum Gasteiger partial charge on any atom is -0.337 e. The molecule has 0 bridgehead atoms. The summed E-state index contributed by atoms with van der Waals surface area (Å²) >= 11 is 1.52. The van der Waals surface area contributed by atoms with Gasteiger partial charge in [0.1, 0.15) is 5.69 Å². The summed E-state index contributed by atoms with van der Waals surface area (Å²) in [4.78, 5) is 18.5. The molecule has 0 aliphatic carbocycles. The van der Waals surface area contributed by atoms with Crippen LogP contribution < -0.4 is 5.73 Å². The van der Waals surface area contributed by atoms with E-state index < -0.39 is 0 Å². The molecular weight excluding hydrogens is 282 g/mol. The predicted octanol–water partition coefficient (Wildman–Crippen LogP) is 2.10. The van der Waals surface area contributed by atoms with Crippen LogP contribution in [-0.2, 0) is 6.42 Å². The number of nitrogens with two attached hydrogens (primary N) is 1. The van der Waals surface area contributed by atoms with Crippen molar-refractivity contribution in [3.05, 3.63) is 28.7 Å². The summed E-state index contributed by atoms with van der Waals surface area (Å²) < 4.78 is 0. The molecule has 1 fully saturated rings. The molecule has 1 aliphatic rings. The first-order valence-electron chi connectivity index (χ1n) is 6.31. The van der Waals surface area contributed by atoms with Gasteiger partial charge in [-0.1, -0.05) is 6.08 Å². The Hall–Kier alpha value is -0.910. The van der Waals surface area contributed by atoms with Crippen LogP contribution >= 0.6 is 23.7 Å². The molecule has 2 rings (SSSR count). The van der Waals surface area contributed by atoms with Crippen molar-refractivity contribution in [3.63, 3.8) is 0 Å². The highest BCUT2D eigenvalue weighted by Gasteiger charge is 2.23. The van der Waals surface area contributed by atoms with Gasteiger partial charge in [-0.25, -0.2) is 4.98 Å². The first kappa shape index (κ1) is 16.1. The van der Waals surface area contributed by atoms with Crippen molar-refractivity contribution >= 4 is 29.7 Å². The molecule has 0 radical (unpaired) electrons. The van der Waals surface area contributed by atoms with E-state index in [-0.39, 0.29) is 18.3 Å². The fourth-order valence-corrected chi connectivity index (χ4v) is 2.94. The van der Waals surface area contributed by atoms with Crippen LogP contribution in [0.5, 0.6) is 0 Å². The number of aromatic nitrogens is 1. The van der Waals surface area contributed by atoms with Gasteiger partial charge in [0, 0.05) is 24.9 Å². The van der Waals surface area contributed by atoms with Crippen LogP contribution in [0.1, 0.15) is 28.3 Å². The Kier molecular flexibility index (Phi) is 6.48. The maximum absolute atomic E-state index is 12.2. The number of carbonyl (C=O) groups excluding carboxylic acids is 1. The number of nitrogens with zero attached hydrogens (tertiary/aromatic N) is 2. The average molecular weight is 302 g/mol. The number of halogens is 1. The fourth-order valence-electron chi connectivity index (χ4n) is 2.15. The molecule has 1 aliphatic heterocycles. The van der Waals surface area contributed by atoms with Crippen molar-refractivity contribution in [2.24, 2.45) is 11.7 Å². The lowest BCUT2D eigenvalue weighted by Crippen LogP contribution is -2.38. The van der Waals surface area contributed by atoms with Gasteiger partial charge in [-0.2, -0.15) is 0 Å². The second kappa shape index (κ2) is 7.62. The molecule has 2 heterocycles. The highest BCUT2D eigenvalue weighted by molar-refractivity contribution is 7.09. The highest BCUT2D eigenvalue weighted by atomic mass is 35.5. The Labute approximate surface area is 124 Å². The van der Waals surface area contributed by atoms with Crippen LogP contribution in [-0.4, -0.2) is 35.4 Å². The zero-order valence-electron chi connectivity index (χ0n) is 10.9. The van der Waals surface area contributed by atoms with Gasteiger partial charge in [0.05, 0.1) is 5.01 Å². The Morgan fingerprint density at radius 3 is 2.84 bits per heavy atom.